The van der Waals surface area contributed by atoms with E-state index in [1.54, 1.807) is 0 Å². The summed E-state index contributed by atoms with van der Waals surface area (Å²) in [6, 6.07) is 5.16. The third-order valence-corrected chi connectivity index (χ3v) is 1.65. The molecular formula is C8H5ClF4O. The monoisotopic (exact) mass is 228 g/mol. The van der Waals surface area contributed by atoms with Crippen LogP contribution in [-0.2, 0) is 0 Å². The fourth-order valence-electron chi connectivity index (χ4n) is 0.719. The van der Waals surface area contributed by atoms with Crippen LogP contribution in [0.3, 0.4) is 0 Å². The fourth-order valence-corrected chi connectivity index (χ4v) is 0.893. The molecule has 0 aromatic heterocycles. The highest BCUT2D eigenvalue weighted by Crippen LogP contribution is 2.31. The van der Waals surface area contributed by atoms with Crippen LogP contribution < -0.4 is 4.74 Å². The molecule has 0 spiro atoms. The number of hydrogen-bond acceptors (Lipinski definition) is 1. The average Bonchev–Trinajstić information content (AvgIpc) is 2.08. The lowest BCUT2D eigenvalue weighted by atomic mass is 10.3. The molecule has 0 bridgehead atoms. The quantitative estimate of drug-likeness (QED) is 0.719. The Morgan fingerprint density at radius 1 is 1.21 bits per heavy atom. The Kier molecular flexibility index (Phi) is 3.21. The van der Waals surface area contributed by atoms with Crippen molar-refractivity contribution in [2.75, 3.05) is 0 Å². The van der Waals surface area contributed by atoms with Gasteiger partial charge in [-0.2, -0.15) is 17.6 Å². The van der Waals surface area contributed by atoms with E-state index in [4.69, 9.17) is 11.6 Å². The van der Waals surface area contributed by atoms with Crippen molar-refractivity contribution >= 4 is 11.6 Å². The molecule has 0 aliphatic rings. The first-order valence-corrected chi connectivity index (χ1v) is 3.91. The maximum Gasteiger partial charge on any atom is 0.461 e. The van der Waals surface area contributed by atoms with Gasteiger partial charge >= 0.3 is 12.5 Å². The highest BCUT2D eigenvalue weighted by Gasteiger charge is 2.44. The van der Waals surface area contributed by atoms with E-state index in [0.717, 1.165) is 6.07 Å². The van der Waals surface area contributed by atoms with Crippen LogP contribution in [0.1, 0.15) is 0 Å². The van der Waals surface area contributed by atoms with E-state index in [-0.39, 0.29) is 5.02 Å². The van der Waals surface area contributed by atoms with Crippen LogP contribution in [0.4, 0.5) is 17.6 Å². The van der Waals surface area contributed by atoms with Gasteiger partial charge in [-0.05, 0) is 12.1 Å². The van der Waals surface area contributed by atoms with Crippen molar-refractivity contribution in [2.45, 2.75) is 12.5 Å². The van der Waals surface area contributed by atoms with E-state index in [1.165, 1.54) is 18.2 Å². The highest BCUT2D eigenvalue weighted by atomic mass is 35.5. The van der Waals surface area contributed by atoms with E-state index in [2.05, 4.69) is 4.74 Å². The number of halogens is 5. The van der Waals surface area contributed by atoms with Crippen molar-refractivity contribution in [3.05, 3.63) is 29.3 Å². The molecule has 0 atom stereocenters. The van der Waals surface area contributed by atoms with Gasteiger partial charge in [0.1, 0.15) is 5.75 Å². The van der Waals surface area contributed by atoms with E-state index in [9.17, 15) is 17.6 Å². The molecule has 1 aromatic rings. The Labute approximate surface area is 82.2 Å². The van der Waals surface area contributed by atoms with Crippen molar-refractivity contribution in [1.82, 2.24) is 0 Å². The standard InChI is InChI=1S/C8H5ClF4O/c9-5-3-1-2-4-6(5)14-8(12,13)7(10)11/h1-4,7H. The van der Waals surface area contributed by atoms with Gasteiger partial charge in [0.05, 0.1) is 5.02 Å². The van der Waals surface area contributed by atoms with Gasteiger partial charge in [-0.3, -0.25) is 0 Å². The zero-order chi connectivity index (χ0) is 10.8. The molecule has 14 heavy (non-hydrogen) atoms. The van der Waals surface area contributed by atoms with Crippen molar-refractivity contribution in [3.8, 4) is 5.75 Å². The number of benzene rings is 1. The fraction of sp³-hybridized carbons (Fsp3) is 0.250. The summed E-state index contributed by atoms with van der Waals surface area (Å²) < 4.78 is 52.0. The molecule has 1 rings (SSSR count). The Morgan fingerprint density at radius 2 is 1.79 bits per heavy atom. The van der Waals surface area contributed by atoms with Gasteiger partial charge in [0.25, 0.3) is 0 Å². The molecule has 6 heteroatoms. The van der Waals surface area contributed by atoms with Crippen LogP contribution in [0.25, 0.3) is 0 Å². The SMILES string of the molecule is FC(F)C(F)(F)Oc1ccccc1Cl. The second-order valence-electron chi connectivity index (χ2n) is 2.39. The Bertz CT molecular complexity index is 316. The number of ether oxygens (including phenoxy) is 1. The average molecular weight is 229 g/mol. The third-order valence-electron chi connectivity index (χ3n) is 1.34. The normalized spacial score (nSPS) is 11.9. The predicted octanol–water partition coefficient (Wildman–Crippen LogP) is 3.58. The predicted molar refractivity (Wildman–Crippen MR) is 43.0 cm³/mol. The summed E-state index contributed by atoms with van der Waals surface area (Å²) >= 11 is 5.43. The molecular weight excluding hydrogens is 224 g/mol. The van der Waals surface area contributed by atoms with Gasteiger partial charge in [-0.25, -0.2) is 0 Å². The Morgan fingerprint density at radius 3 is 2.29 bits per heavy atom. The van der Waals surface area contributed by atoms with Gasteiger partial charge in [0.15, 0.2) is 0 Å². The molecule has 0 aliphatic carbocycles. The molecule has 0 amide bonds. The molecule has 0 saturated heterocycles. The van der Waals surface area contributed by atoms with Crippen molar-refractivity contribution in [2.24, 2.45) is 0 Å². The lowest BCUT2D eigenvalue weighted by Gasteiger charge is -2.17. The first-order chi connectivity index (χ1) is 6.43. The molecule has 0 heterocycles. The first-order valence-electron chi connectivity index (χ1n) is 3.53. The summed E-state index contributed by atoms with van der Waals surface area (Å²) in [5.74, 6) is -0.473. The highest BCUT2D eigenvalue weighted by molar-refractivity contribution is 6.32. The van der Waals surface area contributed by atoms with Crippen molar-refractivity contribution < 1.29 is 22.3 Å². The summed E-state index contributed by atoms with van der Waals surface area (Å²) in [4.78, 5) is 0. The van der Waals surface area contributed by atoms with Gasteiger partial charge in [0.2, 0.25) is 0 Å². The third kappa shape index (κ3) is 2.51. The molecule has 0 saturated carbocycles. The summed E-state index contributed by atoms with van der Waals surface area (Å²) in [6.45, 7) is 0. The smallest absolute Gasteiger partial charge is 0.427 e. The van der Waals surface area contributed by atoms with Crippen LogP contribution in [-0.4, -0.2) is 12.5 Å². The molecule has 0 radical (unpaired) electrons. The van der Waals surface area contributed by atoms with Gasteiger partial charge in [0, 0.05) is 0 Å². The zero-order valence-corrected chi connectivity index (χ0v) is 7.44. The minimum absolute atomic E-state index is 0.146. The summed E-state index contributed by atoms with van der Waals surface area (Å²) in [5.41, 5.74) is 0. The number of alkyl halides is 4. The van der Waals surface area contributed by atoms with Gasteiger partial charge in [-0.1, -0.05) is 23.7 Å². The summed E-state index contributed by atoms with van der Waals surface area (Å²) in [7, 11) is 0. The largest absolute Gasteiger partial charge is 0.461 e. The molecule has 0 aliphatic heterocycles. The van der Waals surface area contributed by atoms with E-state index >= 15 is 0 Å². The van der Waals surface area contributed by atoms with Crippen LogP contribution in [0, 0.1) is 0 Å². The van der Waals surface area contributed by atoms with E-state index in [1.807, 2.05) is 0 Å². The number of para-hydroxylation sites is 1. The van der Waals surface area contributed by atoms with E-state index < -0.39 is 18.3 Å². The van der Waals surface area contributed by atoms with Crippen LogP contribution in [0.2, 0.25) is 5.02 Å². The van der Waals surface area contributed by atoms with Crippen molar-refractivity contribution in [1.29, 1.82) is 0 Å². The van der Waals surface area contributed by atoms with Gasteiger partial charge < -0.3 is 4.74 Å². The Balaban J connectivity index is 2.84. The number of hydrogen-bond donors (Lipinski definition) is 0. The first kappa shape index (κ1) is 11.1. The zero-order valence-electron chi connectivity index (χ0n) is 6.68. The molecule has 1 nitrogen and oxygen atoms in total. The van der Waals surface area contributed by atoms with E-state index in [0.29, 0.717) is 0 Å². The maximum atomic E-state index is 12.4. The summed E-state index contributed by atoms with van der Waals surface area (Å²) in [6.07, 6.45) is -8.41. The topological polar surface area (TPSA) is 9.23 Å². The number of rotatable bonds is 3. The van der Waals surface area contributed by atoms with Crippen LogP contribution in [0.5, 0.6) is 5.75 Å². The minimum atomic E-state index is -4.52. The molecule has 0 unspecified atom stereocenters. The Hall–Kier alpha value is -0.970. The van der Waals surface area contributed by atoms with Crippen LogP contribution in [0.15, 0.2) is 24.3 Å². The second kappa shape index (κ2) is 4.04. The lowest BCUT2D eigenvalue weighted by molar-refractivity contribution is -0.253. The molecule has 1 aromatic carbocycles. The van der Waals surface area contributed by atoms with Crippen molar-refractivity contribution in [3.63, 3.8) is 0 Å². The molecule has 78 valence electrons. The van der Waals surface area contributed by atoms with Gasteiger partial charge in [-0.15, -0.1) is 0 Å². The molecule has 0 fully saturated rings. The lowest BCUT2D eigenvalue weighted by Crippen LogP contribution is -2.33. The van der Waals surface area contributed by atoms with Crippen LogP contribution >= 0.6 is 11.6 Å². The minimum Gasteiger partial charge on any atom is -0.427 e. The summed E-state index contributed by atoms with van der Waals surface area (Å²) in [5, 5.41) is -0.146. The molecule has 0 N–H and O–H groups in total. The maximum absolute atomic E-state index is 12.4. The second-order valence-corrected chi connectivity index (χ2v) is 2.80.